The Balaban J connectivity index is 2.24. The van der Waals surface area contributed by atoms with Crippen LogP contribution >= 0.6 is 0 Å². The predicted molar refractivity (Wildman–Crippen MR) is 88.6 cm³/mol. The molecular formula is C19H19NO3. The minimum atomic E-state index is -1.71. The Labute approximate surface area is 135 Å². The van der Waals surface area contributed by atoms with E-state index >= 15 is 0 Å². The van der Waals surface area contributed by atoms with Crippen LogP contribution in [0.5, 0.6) is 0 Å². The number of anilines is 1. The lowest BCUT2D eigenvalue weighted by molar-refractivity contribution is -0.116. The fourth-order valence-electron chi connectivity index (χ4n) is 3.28. The highest BCUT2D eigenvalue weighted by Crippen LogP contribution is 2.45. The first-order valence-corrected chi connectivity index (χ1v) is 7.51. The van der Waals surface area contributed by atoms with E-state index in [0.29, 0.717) is 16.9 Å². The molecule has 2 aromatic carbocycles. The monoisotopic (exact) mass is 309 g/mol. The van der Waals surface area contributed by atoms with Gasteiger partial charge in [0.2, 0.25) is 0 Å². The number of nitrogens with zero attached hydrogens (tertiary/aromatic N) is 1. The van der Waals surface area contributed by atoms with Gasteiger partial charge in [-0.05, 0) is 26.0 Å². The number of allylic oxidation sites excluding steroid dienone is 1. The zero-order valence-corrected chi connectivity index (χ0v) is 13.1. The maximum atomic E-state index is 12.0. The third-order valence-corrected chi connectivity index (χ3v) is 4.31. The highest BCUT2D eigenvalue weighted by molar-refractivity contribution is 5.97. The van der Waals surface area contributed by atoms with Crippen molar-refractivity contribution in [1.82, 2.24) is 0 Å². The zero-order chi connectivity index (χ0) is 16.6. The summed E-state index contributed by atoms with van der Waals surface area (Å²) in [5.74, 6) is -0.247. The molecule has 2 N–H and O–H groups in total. The van der Waals surface area contributed by atoms with Gasteiger partial charge in [-0.25, -0.2) is 0 Å². The Morgan fingerprint density at radius 1 is 1.04 bits per heavy atom. The number of Topliss-reactive ketones (excluding diaryl/α,β-unsaturated/α-hetero) is 1. The van der Waals surface area contributed by atoms with Gasteiger partial charge >= 0.3 is 0 Å². The maximum absolute atomic E-state index is 12.0. The Kier molecular flexibility index (Phi) is 3.80. The molecule has 2 atom stereocenters. The number of aliphatic hydroxyl groups is 2. The van der Waals surface area contributed by atoms with Crippen LogP contribution in [-0.4, -0.2) is 22.1 Å². The molecule has 0 spiro atoms. The molecule has 4 nitrogen and oxygen atoms in total. The van der Waals surface area contributed by atoms with Crippen LogP contribution in [0.3, 0.4) is 0 Å². The number of carbonyl (C=O) groups is 1. The predicted octanol–water partition coefficient (Wildman–Crippen LogP) is 2.58. The first-order chi connectivity index (χ1) is 11.0. The van der Waals surface area contributed by atoms with Crippen molar-refractivity contribution in [2.24, 2.45) is 0 Å². The number of para-hydroxylation sites is 1. The topological polar surface area (TPSA) is 60.8 Å². The minimum Gasteiger partial charge on any atom is -0.383 e. The van der Waals surface area contributed by atoms with Crippen molar-refractivity contribution in [2.45, 2.75) is 25.7 Å². The molecule has 23 heavy (non-hydrogen) atoms. The van der Waals surface area contributed by atoms with E-state index in [2.05, 4.69) is 0 Å². The first-order valence-electron chi connectivity index (χ1n) is 7.51. The van der Waals surface area contributed by atoms with E-state index in [4.69, 9.17) is 0 Å². The average Bonchev–Trinajstić information content (AvgIpc) is 2.76. The van der Waals surface area contributed by atoms with E-state index in [0.717, 1.165) is 0 Å². The van der Waals surface area contributed by atoms with Crippen LogP contribution in [0.4, 0.5) is 5.69 Å². The van der Waals surface area contributed by atoms with E-state index in [-0.39, 0.29) is 11.4 Å². The van der Waals surface area contributed by atoms with Gasteiger partial charge in [0.05, 0.1) is 0 Å². The van der Waals surface area contributed by atoms with Gasteiger partial charge in [0.1, 0.15) is 6.10 Å². The van der Waals surface area contributed by atoms with Crippen LogP contribution in [0.2, 0.25) is 0 Å². The number of hydrogen-bond donors (Lipinski definition) is 2. The number of rotatable bonds is 3. The molecule has 0 fully saturated rings. The molecule has 0 aliphatic carbocycles. The van der Waals surface area contributed by atoms with Crippen LogP contribution < -0.4 is 4.90 Å². The molecule has 0 saturated heterocycles. The standard InChI is InChI=1S/C19H19NO3/c1-13-17(14(2)21)18(22)19(23,15-9-5-3-6-10-15)20(13)16-11-7-4-8-12-16/h3-12,18,22-23H,1-2H3. The Hall–Kier alpha value is -2.43. The number of carbonyl (C=O) groups excluding carboxylic acids is 1. The third kappa shape index (κ3) is 2.27. The van der Waals surface area contributed by atoms with Gasteiger partial charge in [-0.15, -0.1) is 0 Å². The molecular weight excluding hydrogens is 290 g/mol. The van der Waals surface area contributed by atoms with Crippen LogP contribution in [0.1, 0.15) is 19.4 Å². The summed E-state index contributed by atoms with van der Waals surface area (Å²) >= 11 is 0. The molecule has 2 unspecified atom stereocenters. The molecule has 0 amide bonds. The van der Waals surface area contributed by atoms with Gasteiger partial charge in [0.15, 0.2) is 11.5 Å². The summed E-state index contributed by atoms with van der Waals surface area (Å²) in [6.07, 6.45) is -1.32. The largest absolute Gasteiger partial charge is 0.383 e. The first kappa shape index (κ1) is 15.5. The molecule has 0 saturated carbocycles. The van der Waals surface area contributed by atoms with Crippen LogP contribution in [0, 0.1) is 0 Å². The van der Waals surface area contributed by atoms with Gasteiger partial charge in [-0.1, -0.05) is 48.5 Å². The second-order valence-electron chi connectivity index (χ2n) is 5.72. The summed E-state index contributed by atoms with van der Waals surface area (Å²) in [5, 5.41) is 22.2. The fraction of sp³-hybridized carbons (Fsp3) is 0.211. The number of hydrogen-bond acceptors (Lipinski definition) is 4. The molecule has 1 aliphatic heterocycles. The number of aliphatic hydroxyl groups excluding tert-OH is 1. The molecule has 1 heterocycles. The summed E-state index contributed by atoms with van der Waals surface area (Å²) in [6, 6.07) is 18.2. The Bertz CT molecular complexity index is 755. The van der Waals surface area contributed by atoms with Crippen molar-refractivity contribution < 1.29 is 15.0 Å². The second kappa shape index (κ2) is 5.65. The smallest absolute Gasteiger partial charge is 0.199 e. The van der Waals surface area contributed by atoms with Crippen LogP contribution in [0.25, 0.3) is 0 Å². The van der Waals surface area contributed by atoms with Crippen molar-refractivity contribution in [3.05, 3.63) is 77.5 Å². The summed E-state index contributed by atoms with van der Waals surface area (Å²) in [4.78, 5) is 13.6. The Morgan fingerprint density at radius 3 is 2.09 bits per heavy atom. The van der Waals surface area contributed by atoms with Gasteiger partial charge < -0.3 is 15.1 Å². The van der Waals surface area contributed by atoms with E-state index in [1.165, 1.54) is 6.92 Å². The highest BCUT2D eigenvalue weighted by atomic mass is 16.4. The maximum Gasteiger partial charge on any atom is 0.199 e. The average molecular weight is 309 g/mol. The van der Waals surface area contributed by atoms with Crippen LogP contribution in [-0.2, 0) is 10.5 Å². The molecule has 0 aromatic heterocycles. The molecule has 3 rings (SSSR count). The summed E-state index contributed by atoms with van der Waals surface area (Å²) < 4.78 is 0. The van der Waals surface area contributed by atoms with E-state index in [1.54, 1.807) is 36.1 Å². The lowest BCUT2D eigenvalue weighted by Gasteiger charge is -2.39. The SMILES string of the molecule is CC(=O)C1=C(C)N(c2ccccc2)C(O)(c2ccccc2)C1O. The van der Waals surface area contributed by atoms with Gasteiger partial charge in [0, 0.05) is 22.5 Å². The molecule has 118 valence electrons. The van der Waals surface area contributed by atoms with Crippen LogP contribution in [0.15, 0.2) is 71.9 Å². The number of ketones is 1. The van der Waals surface area contributed by atoms with Gasteiger partial charge in [-0.3, -0.25) is 4.79 Å². The molecule has 0 radical (unpaired) electrons. The zero-order valence-electron chi connectivity index (χ0n) is 13.1. The normalized spacial score (nSPS) is 24.2. The lowest BCUT2D eigenvalue weighted by Crippen LogP contribution is -2.49. The van der Waals surface area contributed by atoms with E-state index in [9.17, 15) is 15.0 Å². The molecule has 2 aromatic rings. The minimum absolute atomic E-state index is 0.236. The molecule has 1 aliphatic rings. The van der Waals surface area contributed by atoms with Crippen molar-refractivity contribution in [1.29, 1.82) is 0 Å². The van der Waals surface area contributed by atoms with E-state index in [1.807, 2.05) is 36.4 Å². The van der Waals surface area contributed by atoms with Crippen molar-refractivity contribution in [2.75, 3.05) is 4.90 Å². The van der Waals surface area contributed by atoms with Gasteiger partial charge in [0.25, 0.3) is 0 Å². The second-order valence-corrected chi connectivity index (χ2v) is 5.72. The van der Waals surface area contributed by atoms with Crippen molar-refractivity contribution in [3.63, 3.8) is 0 Å². The molecule has 4 heteroatoms. The summed E-state index contributed by atoms with van der Waals surface area (Å²) in [5.41, 5.74) is 0.328. The quantitative estimate of drug-likeness (QED) is 0.915. The summed E-state index contributed by atoms with van der Waals surface area (Å²) in [7, 11) is 0. The van der Waals surface area contributed by atoms with E-state index < -0.39 is 11.8 Å². The van der Waals surface area contributed by atoms with Crippen molar-refractivity contribution >= 4 is 11.5 Å². The number of benzene rings is 2. The summed E-state index contributed by atoms with van der Waals surface area (Å²) in [6.45, 7) is 3.15. The third-order valence-electron chi connectivity index (χ3n) is 4.31. The molecule has 0 bridgehead atoms. The Morgan fingerprint density at radius 2 is 1.57 bits per heavy atom. The van der Waals surface area contributed by atoms with Crippen molar-refractivity contribution in [3.8, 4) is 0 Å². The van der Waals surface area contributed by atoms with Gasteiger partial charge in [-0.2, -0.15) is 0 Å². The fourth-order valence-corrected chi connectivity index (χ4v) is 3.28. The highest BCUT2D eigenvalue weighted by Gasteiger charge is 2.53. The lowest BCUT2D eigenvalue weighted by atomic mass is 9.93.